The molecule has 4 nitrogen and oxygen atoms in total. The SMILES string of the molecule is CCOc1ccc(C(=O)CC(=O)CC)cc1OCC. The summed E-state index contributed by atoms with van der Waals surface area (Å²) in [5, 5.41) is 0. The second-order valence-electron chi connectivity index (χ2n) is 4.02. The third kappa shape index (κ3) is 4.39. The van der Waals surface area contributed by atoms with Crippen LogP contribution in [0.2, 0.25) is 0 Å². The highest BCUT2D eigenvalue weighted by atomic mass is 16.5. The molecule has 0 atom stereocenters. The molecule has 1 aromatic rings. The van der Waals surface area contributed by atoms with Crippen molar-refractivity contribution in [1.29, 1.82) is 0 Å². The molecular formula is C15H20O4. The highest BCUT2D eigenvalue weighted by Crippen LogP contribution is 2.29. The Balaban J connectivity index is 2.93. The summed E-state index contributed by atoms with van der Waals surface area (Å²) in [6.07, 6.45) is 0.317. The van der Waals surface area contributed by atoms with Crippen LogP contribution in [0.4, 0.5) is 0 Å². The second-order valence-corrected chi connectivity index (χ2v) is 4.02. The van der Waals surface area contributed by atoms with Crippen LogP contribution in [0.15, 0.2) is 18.2 Å². The van der Waals surface area contributed by atoms with Gasteiger partial charge in [0.2, 0.25) is 0 Å². The van der Waals surface area contributed by atoms with Crippen molar-refractivity contribution in [2.45, 2.75) is 33.6 Å². The van der Waals surface area contributed by atoms with Crippen LogP contribution in [0.3, 0.4) is 0 Å². The third-order valence-electron chi connectivity index (χ3n) is 2.62. The van der Waals surface area contributed by atoms with Crippen LogP contribution >= 0.6 is 0 Å². The molecule has 0 aromatic heterocycles. The average molecular weight is 264 g/mol. The van der Waals surface area contributed by atoms with Gasteiger partial charge in [-0.2, -0.15) is 0 Å². The summed E-state index contributed by atoms with van der Waals surface area (Å²) >= 11 is 0. The molecule has 0 unspecified atom stereocenters. The highest BCUT2D eigenvalue weighted by Gasteiger charge is 2.13. The highest BCUT2D eigenvalue weighted by molar-refractivity contribution is 6.08. The van der Waals surface area contributed by atoms with Gasteiger partial charge in [0, 0.05) is 12.0 Å². The predicted octanol–water partition coefficient (Wildman–Crippen LogP) is 3.04. The summed E-state index contributed by atoms with van der Waals surface area (Å²) in [5.74, 6) is 0.912. The Hall–Kier alpha value is -1.84. The molecule has 0 heterocycles. The Bertz CT molecular complexity index is 451. The van der Waals surface area contributed by atoms with E-state index < -0.39 is 0 Å². The molecule has 1 aromatic carbocycles. The summed E-state index contributed by atoms with van der Waals surface area (Å²) in [5.41, 5.74) is 0.480. The van der Waals surface area contributed by atoms with E-state index in [9.17, 15) is 9.59 Å². The van der Waals surface area contributed by atoms with E-state index in [-0.39, 0.29) is 18.0 Å². The van der Waals surface area contributed by atoms with E-state index in [2.05, 4.69) is 0 Å². The Morgan fingerprint density at radius 3 is 2.21 bits per heavy atom. The Morgan fingerprint density at radius 2 is 1.63 bits per heavy atom. The predicted molar refractivity (Wildman–Crippen MR) is 73.0 cm³/mol. The summed E-state index contributed by atoms with van der Waals surface area (Å²) < 4.78 is 10.9. The van der Waals surface area contributed by atoms with E-state index in [1.165, 1.54) is 0 Å². The molecule has 0 amide bonds. The first kappa shape index (κ1) is 15.2. The van der Waals surface area contributed by atoms with Crippen molar-refractivity contribution in [3.8, 4) is 11.5 Å². The summed E-state index contributed by atoms with van der Waals surface area (Å²) in [6, 6.07) is 5.01. The van der Waals surface area contributed by atoms with E-state index >= 15 is 0 Å². The molecule has 1 rings (SSSR count). The number of ketones is 2. The maximum atomic E-state index is 11.9. The van der Waals surface area contributed by atoms with Crippen LogP contribution in [0.5, 0.6) is 11.5 Å². The van der Waals surface area contributed by atoms with Crippen LogP contribution in [-0.4, -0.2) is 24.8 Å². The van der Waals surface area contributed by atoms with Crippen LogP contribution in [0.25, 0.3) is 0 Å². The fraction of sp³-hybridized carbons (Fsp3) is 0.467. The van der Waals surface area contributed by atoms with E-state index in [0.717, 1.165) is 0 Å². The first-order valence-corrected chi connectivity index (χ1v) is 6.56. The van der Waals surface area contributed by atoms with E-state index in [1.807, 2.05) is 13.8 Å². The second kappa shape index (κ2) is 7.56. The van der Waals surface area contributed by atoms with Gasteiger partial charge in [0.25, 0.3) is 0 Å². The third-order valence-corrected chi connectivity index (χ3v) is 2.62. The molecule has 0 spiro atoms. The normalized spacial score (nSPS) is 10.1. The molecule has 0 saturated carbocycles. The first-order chi connectivity index (χ1) is 9.12. The van der Waals surface area contributed by atoms with Gasteiger partial charge in [-0.1, -0.05) is 6.92 Å². The van der Waals surface area contributed by atoms with Crippen molar-refractivity contribution < 1.29 is 19.1 Å². The minimum absolute atomic E-state index is 0.0585. The summed E-state index contributed by atoms with van der Waals surface area (Å²) in [6.45, 7) is 6.52. The lowest BCUT2D eigenvalue weighted by molar-refractivity contribution is -0.117. The van der Waals surface area contributed by atoms with Gasteiger partial charge in [0.15, 0.2) is 17.3 Å². The molecule has 104 valence electrons. The Morgan fingerprint density at radius 1 is 1.00 bits per heavy atom. The zero-order valence-electron chi connectivity index (χ0n) is 11.7. The van der Waals surface area contributed by atoms with Gasteiger partial charge < -0.3 is 9.47 Å². The zero-order valence-corrected chi connectivity index (χ0v) is 11.7. The van der Waals surface area contributed by atoms with E-state index in [0.29, 0.717) is 36.7 Å². The molecule has 0 N–H and O–H groups in total. The largest absolute Gasteiger partial charge is 0.490 e. The van der Waals surface area contributed by atoms with Gasteiger partial charge in [-0.25, -0.2) is 0 Å². The number of hydrogen-bond acceptors (Lipinski definition) is 4. The lowest BCUT2D eigenvalue weighted by Gasteiger charge is -2.11. The lowest BCUT2D eigenvalue weighted by Crippen LogP contribution is -2.08. The van der Waals surface area contributed by atoms with Gasteiger partial charge in [-0.3, -0.25) is 9.59 Å². The van der Waals surface area contributed by atoms with Gasteiger partial charge in [-0.05, 0) is 32.0 Å². The van der Waals surface area contributed by atoms with Crippen LogP contribution in [0.1, 0.15) is 44.0 Å². The summed E-state index contributed by atoms with van der Waals surface area (Å²) in [4.78, 5) is 23.2. The van der Waals surface area contributed by atoms with Gasteiger partial charge in [0.1, 0.15) is 5.78 Å². The van der Waals surface area contributed by atoms with Crippen molar-refractivity contribution in [3.05, 3.63) is 23.8 Å². The molecule has 0 aliphatic carbocycles. The van der Waals surface area contributed by atoms with Crippen molar-refractivity contribution in [2.75, 3.05) is 13.2 Å². The van der Waals surface area contributed by atoms with Crippen molar-refractivity contribution in [2.24, 2.45) is 0 Å². The molecule has 19 heavy (non-hydrogen) atoms. The van der Waals surface area contributed by atoms with Gasteiger partial charge >= 0.3 is 0 Å². The van der Waals surface area contributed by atoms with E-state index in [1.54, 1.807) is 25.1 Å². The average Bonchev–Trinajstić information content (AvgIpc) is 2.41. The van der Waals surface area contributed by atoms with Crippen LogP contribution in [0, 0.1) is 0 Å². The van der Waals surface area contributed by atoms with E-state index in [4.69, 9.17) is 9.47 Å². The fourth-order valence-electron chi connectivity index (χ4n) is 1.63. The van der Waals surface area contributed by atoms with Gasteiger partial charge in [0.05, 0.1) is 19.6 Å². The molecule has 0 saturated heterocycles. The van der Waals surface area contributed by atoms with Crippen molar-refractivity contribution in [1.82, 2.24) is 0 Å². The minimum Gasteiger partial charge on any atom is -0.490 e. The fourth-order valence-corrected chi connectivity index (χ4v) is 1.63. The first-order valence-electron chi connectivity index (χ1n) is 6.56. The molecular weight excluding hydrogens is 244 g/mol. The number of benzene rings is 1. The standard InChI is InChI=1S/C15H20O4/c1-4-12(16)10-13(17)11-7-8-14(18-5-2)15(9-11)19-6-3/h7-9H,4-6,10H2,1-3H3. The van der Waals surface area contributed by atoms with Crippen molar-refractivity contribution in [3.63, 3.8) is 0 Å². The number of carbonyl (C=O) groups is 2. The maximum absolute atomic E-state index is 11.9. The number of ether oxygens (including phenoxy) is 2. The van der Waals surface area contributed by atoms with Crippen molar-refractivity contribution >= 4 is 11.6 Å². The molecule has 4 heteroatoms. The van der Waals surface area contributed by atoms with Gasteiger partial charge in [-0.15, -0.1) is 0 Å². The Kier molecular flexibility index (Phi) is 6.06. The number of hydrogen-bond donors (Lipinski definition) is 0. The Labute approximate surface area is 113 Å². The van der Waals surface area contributed by atoms with Crippen LogP contribution < -0.4 is 9.47 Å². The topological polar surface area (TPSA) is 52.6 Å². The molecule has 0 fully saturated rings. The zero-order chi connectivity index (χ0) is 14.3. The lowest BCUT2D eigenvalue weighted by atomic mass is 10.0. The maximum Gasteiger partial charge on any atom is 0.170 e. The minimum atomic E-state index is -0.184. The smallest absolute Gasteiger partial charge is 0.170 e. The number of carbonyl (C=O) groups excluding carboxylic acids is 2. The number of rotatable bonds is 8. The molecule has 0 aliphatic heterocycles. The summed E-state index contributed by atoms with van der Waals surface area (Å²) in [7, 11) is 0. The number of Topliss-reactive ketones (excluding diaryl/α,β-unsaturated/α-hetero) is 2. The molecule has 0 aliphatic rings. The molecule has 0 bridgehead atoms. The molecule has 0 radical (unpaired) electrons. The van der Waals surface area contributed by atoms with Crippen LogP contribution in [-0.2, 0) is 4.79 Å². The monoisotopic (exact) mass is 264 g/mol. The quantitative estimate of drug-likeness (QED) is 0.535.